The molecule has 1 saturated carbocycles. The molecule has 0 saturated heterocycles. The summed E-state index contributed by atoms with van der Waals surface area (Å²) in [5.74, 6) is 2.81. The van der Waals surface area contributed by atoms with E-state index < -0.39 is 0 Å². The Morgan fingerprint density at radius 2 is 1.65 bits per heavy atom. The Bertz CT molecular complexity index is 442. The van der Waals surface area contributed by atoms with Crippen LogP contribution in [0, 0.1) is 5.92 Å². The van der Waals surface area contributed by atoms with E-state index in [1.165, 1.54) is 25.7 Å². The molecule has 0 radical (unpaired) electrons. The smallest absolute Gasteiger partial charge is 0.203 e. The van der Waals surface area contributed by atoms with Gasteiger partial charge in [-0.15, -0.1) is 0 Å². The van der Waals surface area contributed by atoms with Crippen LogP contribution in [0.4, 0.5) is 0 Å². The van der Waals surface area contributed by atoms with Gasteiger partial charge in [0.15, 0.2) is 11.5 Å². The highest BCUT2D eigenvalue weighted by atomic mass is 16.5. The monoisotopic (exact) mass is 279 g/mol. The van der Waals surface area contributed by atoms with E-state index >= 15 is 0 Å². The van der Waals surface area contributed by atoms with Crippen molar-refractivity contribution in [2.24, 2.45) is 5.92 Å². The first-order valence-corrected chi connectivity index (χ1v) is 7.22. The summed E-state index contributed by atoms with van der Waals surface area (Å²) in [6.07, 6.45) is 5.17. The maximum atomic E-state index is 5.61. The fraction of sp³-hybridized carbons (Fsp3) is 0.625. The van der Waals surface area contributed by atoms with Gasteiger partial charge in [-0.25, -0.2) is 0 Å². The van der Waals surface area contributed by atoms with Crippen LogP contribution in [0.5, 0.6) is 17.2 Å². The van der Waals surface area contributed by atoms with Crippen LogP contribution in [0.25, 0.3) is 0 Å². The summed E-state index contributed by atoms with van der Waals surface area (Å²) in [6, 6.07) is 4.34. The second-order valence-electron chi connectivity index (χ2n) is 5.23. The van der Waals surface area contributed by atoms with E-state index in [1.807, 2.05) is 13.1 Å². The molecule has 4 nitrogen and oxygen atoms in total. The number of methoxy groups -OCH3 is 3. The maximum Gasteiger partial charge on any atom is 0.203 e. The Morgan fingerprint density at radius 1 is 1.00 bits per heavy atom. The lowest BCUT2D eigenvalue weighted by Gasteiger charge is -2.26. The Hall–Kier alpha value is -1.42. The van der Waals surface area contributed by atoms with E-state index in [0.29, 0.717) is 23.5 Å². The summed E-state index contributed by atoms with van der Waals surface area (Å²) >= 11 is 0. The molecule has 2 rings (SSSR count). The first-order valence-electron chi connectivity index (χ1n) is 7.22. The number of benzene rings is 1. The maximum absolute atomic E-state index is 5.61. The molecule has 20 heavy (non-hydrogen) atoms. The minimum Gasteiger partial charge on any atom is -0.493 e. The number of nitrogens with one attached hydrogen (secondary N) is 1. The Morgan fingerprint density at radius 3 is 2.15 bits per heavy atom. The van der Waals surface area contributed by atoms with Crippen LogP contribution in [-0.4, -0.2) is 28.4 Å². The summed E-state index contributed by atoms with van der Waals surface area (Å²) in [4.78, 5) is 0. The van der Waals surface area contributed by atoms with E-state index in [2.05, 4.69) is 11.4 Å². The summed E-state index contributed by atoms with van der Waals surface area (Å²) in [5.41, 5.74) is 1.15. The van der Waals surface area contributed by atoms with Gasteiger partial charge in [0, 0.05) is 11.6 Å². The lowest BCUT2D eigenvalue weighted by Crippen LogP contribution is -2.24. The summed E-state index contributed by atoms with van der Waals surface area (Å²) < 4.78 is 16.4. The number of hydrogen-bond donors (Lipinski definition) is 1. The molecule has 1 fully saturated rings. The Balaban J connectivity index is 2.43. The molecule has 0 bridgehead atoms. The summed E-state index contributed by atoms with van der Waals surface area (Å²) in [7, 11) is 6.99. The van der Waals surface area contributed by atoms with Crippen LogP contribution in [0.3, 0.4) is 0 Å². The van der Waals surface area contributed by atoms with Crippen molar-refractivity contribution < 1.29 is 14.2 Å². The molecule has 0 spiro atoms. The quantitative estimate of drug-likeness (QED) is 0.868. The largest absolute Gasteiger partial charge is 0.493 e. The van der Waals surface area contributed by atoms with Crippen molar-refractivity contribution in [3.8, 4) is 17.2 Å². The molecule has 112 valence electrons. The molecular weight excluding hydrogens is 254 g/mol. The van der Waals surface area contributed by atoms with Crippen molar-refractivity contribution in [2.75, 3.05) is 28.4 Å². The molecule has 1 aliphatic rings. The minimum absolute atomic E-state index is 0.298. The highest BCUT2D eigenvalue weighted by Crippen LogP contribution is 2.45. The van der Waals surface area contributed by atoms with E-state index in [1.54, 1.807) is 21.3 Å². The van der Waals surface area contributed by atoms with Crippen LogP contribution in [0.1, 0.15) is 37.3 Å². The Labute approximate surface area is 121 Å². The zero-order chi connectivity index (χ0) is 14.5. The van der Waals surface area contributed by atoms with E-state index in [0.717, 1.165) is 11.3 Å². The van der Waals surface area contributed by atoms with Gasteiger partial charge in [-0.1, -0.05) is 12.8 Å². The fourth-order valence-corrected chi connectivity index (χ4v) is 3.31. The molecule has 1 aliphatic carbocycles. The van der Waals surface area contributed by atoms with E-state index in [4.69, 9.17) is 14.2 Å². The van der Waals surface area contributed by atoms with Gasteiger partial charge in [-0.2, -0.15) is 0 Å². The fourth-order valence-electron chi connectivity index (χ4n) is 3.31. The topological polar surface area (TPSA) is 39.7 Å². The van der Waals surface area contributed by atoms with Gasteiger partial charge in [-0.3, -0.25) is 0 Å². The first-order chi connectivity index (χ1) is 9.76. The molecule has 1 N–H and O–H groups in total. The predicted molar refractivity (Wildman–Crippen MR) is 79.9 cm³/mol. The van der Waals surface area contributed by atoms with Gasteiger partial charge in [-0.05, 0) is 37.9 Å². The molecule has 1 aromatic carbocycles. The molecular formula is C16H25NO3. The predicted octanol–water partition coefficient (Wildman–Crippen LogP) is 3.16. The Kier molecular flexibility index (Phi) is 5.12. The summed E-state index contributed by atoms with van der Waals surface area (Å²) in [6.45, 7) is 0. The average molecular weight is 279 g/mol. The number of hydrogen-bond acceptors (Lipinski definition) is 4. The third-order valence-corrected chi connectivity index (χ3v) is 4.25. The summed E-state index contributed by atoms with van der Waals surface area (Å²) in [5, 5.41) is 3.45. The number of rotatable bonds is 6. The van der Waals surface area contributed by atoms with Crippen LogP contribution in [0.15, 0.2) is 12.1 Å². The van der Waals surface area contributed by atoms with Gasteiger partial charge in [0.25, 0.3) is 0 Å². The molecule has 1 aromatic rings. The molecule has 4 heteroatoms. The second-order valence-corrected chi connectivity index (χ2v) is 5.23. The normalized spacial score (nSPS) is 17.0. The standard InChI is InChI=1S/C16H25NO3/c1-17-14(11-7-5-6-8-11)12-9-10-13(18-2)16(20-4)15(12)19-3/h9-11,14,17H,5-8H2,1-4H3. The van der Waals surface area contributed by atoms with E-state index in [-0.39, 0.29) is 0 Å². The zero-order valence-electron chi connectivity index (χ0n) is 12.9. The van der Waals surface area contributed by atoms with Gasteiger partial charge in [0.05, 0.1) is 21.3 Å². The van der Waals surface area contributed by atoms with Crippen molar-refractivity contribution in [1.29, 1.82) is 0 Å². The average Bonchev–Trinajstić information content (AvgIpc) is 3.01. The number of ether oxygens (including phenoxy) is 3. The highest BCUT2D eigenvalue weighted by Gasteiger charge is 2.29. The lowest BCUT2D eigenvalue weighted by molar-refractivity contribution is 0.311. The van der Waals surface area contributed by atoms with Crippen LogP contribution in [-0.2, 0) is 0 Å². The zero-order valence-corrected chi connectivity index (χ0v) is 12.9. The molecule has 1 atom stereocenters. The molecule has 0 aliphatic heterocycles. The highest BCUT2D eigenvalue weighted by molar-refractivity contribution is 5.56. The second kappa shape index (κ2) is 6.84. The molecule has 0 aromatic heterocycles. The molecule has 0 amide bonds. The minimum atomic E-state index is 0.298. The molecule has 0 heterocycles. The van der Waals surface area contributed by atoms with Gasteiger partial charge >= 0.3 is 0 Å². The van der Waals surface area contributed by atoms with Crippen molar-refractivity contribution in [1.82, 2.24) is 5.32 Å². The first kappa shape index (κ1) is 15.0. The third kappa shape index (κ3) is 2.70. The van der Waals surface area contributed by atoms with Crippen molar-refractivity contribution in [3.05, 3.63) is 17.7 Å². The van der Waals surface area contributed by atoms with Crippen molar-refractivity contribution >= 4 is 0 Å². The van der Waals surface area contributed by atoms with Gasteiger partial charge in [0.2, 0.25) is 5.75 Å². The van der Waals surface area contributed by atoms with Crippen molar-refractivity contribution in [2.45, 2.75) is 31.7 Å². The van der Waals surface area contributed by atoms with E-state index in [9.17, 15) is 0 Å². The van der Waals surface area contributed by atoms with Crippen molar-refractivity contribution in [3.63, 3.8) is 0 Å². The van der Waals surface area contributed by atoms with Crippen LogP contribution in [0.2, 0.25) is 0 Å². The third-order valence-electron chi connectivity index (χ3n) is 4.25. The lowest BCUT2D eigenvalue weighted by atomic mass is 9.91. The van der Waals surface area contributed by atoms with Gasteiger partial charge in [0.1, 0.15) is 0 Å². The van der Waals surface area contributed by atoms with Crippen LogP contribution >= 0.6 is 0 Å². The molecule has 1 unspecified atom stereocenters. The van der Waals surface area contributed by atoms with Gasteiger partial charge < -0.3 is 19.5 Å². The van der Waals surface area contributed by atoms with Crippen LogP contribution < -0.4 is 19.5 Å². The SMILES string of the molecule is CNC(c1ccc(OC)c(OC)c1OC)C1CCCC1.